The Morgan fingerprint density at radius 2 is 2.64 bits per heavy atom. The predicted molar refractivity (Wildman–Crippen MR) is 46.2 cm³/mol. The van der Waals surface area contributed by atoms with Crippen molar-refractivity contribution in [1.82, 2.24) is 20.2 Å². The fourth-order valence-corrected chi connectivity index (χ4v) is 2.59. The molecule has 1 atom stereocenters. The van der Waals surface area contributed by atoms with E-state index in [1.54, 1.807) is 0 Å². The first-order valence-electron chi connectivity index (χ1n) is 3.45. The summed E-state index contributed by atoms with van der Waals surface area (Å²) in [5, 5.41) is 10.2. The van der Waals surface area contributed by atoms with E-state index >= 15 is 0 Å². The highest BCUT2D eigenvalue weighted by Gasteiger charge is 2.18. The van der Waals surface area contributed by atoms with Crippen molar-refractivity contribution >= 4 is 24.0 Å². The number of aromatic nitrogens is 4. The maximum Gasteiger partial charge on any atom is 0.238 e. The van der Waals surface area contributed by atoms with E-state index in [-0.39, 0.29) is 0 Å². The van der Waals surface area contributed by atoms with Crippen molar-refractivity contribution in [3.05, 3.63) is 4.77 Å². The van der Waals surface area contributed by atoms with Crippen LogP contribution < -0.4 is 0 Å². The Labute approximate surface area is 73.4 Å². The summed E-state index contributed by atoms with van der Waals surface area (Å²) in [6.07, 6.45) is 1.17. The highest BCUT2D eigenvalue weighted by molar-refractivity contribution is 7.99. The topological polar surface area (TPSA) is 46.5 Å². The molecule has 0 aliphatic carbocycles. The highest BCUT2D eigenvalue weighted by atomic mass is 32.2. The van der Waals surface area contributed by atoms with Gasteiger partial charge in [0.05, 0.1) is 6.04 Å². The maximum atomic E-state index is 4.97. The van der Waals surface area contributed by atoms with Crippen LogP contribution >= 0.6 is 24.0 Å². The highest BCUT2D eigenvalue weighted by Crippen LogP contribution is 2.26. The van der Waals surface area contributed by atoms with Crippen molar-refractivity contribution in [2.45, 2.75) is 12.5 Å². The molecule has 1 unspecified atom stereocenters. The lowest BCUT2D eigenvalue weighted by molar-refractivity contribution is 0.481. The molecule has 0 bridgehead atoms. The summed E-state index contributed by atoms with van der Waals surface area (Å²) in [6.45, 7) is 0. The van der Waals surface area contributed by atoms with E-state index in [0.717, 1.165) is 5.75 Å². The second-order valence-corrected chi connectivity index (χ2v) is 3.98. The van der Waals surface area contributed by atoms with Gasteiger partial charge < -0.3 is 0 Å². The van der Waals surface area contributed by atoms with Gasteiger partial charge in [-0.2, -0.15) is 17.0 Å². The molecular formula is C5H8N4S2. The van der Waals surface area contributed by atoms with Crippen molar-refractivity contribution < 1.29 is 0 Å². The summed E-state index contributed by atoms with van der Waals surface area (Å²) in [5.41, 5.74) is 0. The van der Waals surface area contributed by atoms with Gasteiger partial charge >= 0.3 is 0 Å². The third-order valence-electron chi connectivity index (χ3n) is 1.76. The molecule has 0 saturated carbocycles. The van der Waals surface area contributed by atoms with Gasteiger partial charge in [0.15, 0.2) is 0 Å². The summed E-state index contributed by atoms with van der Waals surface area (Å²) in [5.74, 6) is 2.34. The number of rotatable bonds is 1. The number of nitrogens with one attached hydrogen (secondary N) is 1. The summed E-state index contributed by atoms with van der Waals surface area (Å²) >= 11 is 6.92. The number of thioether (sulfide) groups is 1. The summed E-state index contributed by atoms with van der Waals surface area (Å²) in [6, 6.07) is 0.488. The molecule has 0 radical (unpaired) electrons. The third kappa shape index (κ3) is 1.32. The van der Waals surface area contributed by atoms with E-state index in [4.69, 9.17) is 12.2 Å². The van der Waals surface area contributed by atoms with E-state index in [0.29, 0.717) is 10.8 Å². The van der Waals surface area contributed by atoms with Crippen LogP contribution in [0.2, 0.25) is 0 Å². The van der Waals surface area contributed by atoms with Crippen LogP contribution in [0.1, 0.15) is 12.5 Å². The number of hydrogen-bond donors (Lipinski definition) is 1. The normalized spacial score (nSPS) is 24.2. The Kier molecular flexibility index (Phi) is 1.95. The first-order valence-corrected chi connectivity index (χ1v) is 5.01. The summed E-state index contributed by atoms with van der Waals surface area (Å²) in [7, 11) is 0. The third-order valence-corrected chi connectivity index (χ3v) is 3.19. The molecule has 60 valence electrons. The summed E-state index contributed by atoms with van der Waals surface area (Å²) in [4.78, 5) is 0. The molecule has 1 aliphatic rings. The van der Waals surface area contributed by atoms with Crippen LogP contribution in [0, 0.1) is 4.77 Å². The molecule has 1 aromatic heterocycles. The Bertz CT molecular complexity index is 285. The van der Waals surface area contributed by atoms with Crippen molar-refractivity contribution in [3.63, 3.8) is 0 Å². The number of H-pyrrole nitrogens is 1. The second-order valence-electron chi connectivity index (χ2n) is 2.47. The van der Waals surface area contributed by atoms with Gasteiger partial charge in [-0.05, 0) is 24.4 Å². The van der Waals surface area contributed by atoms with Gasteiger partial charge in [-0.25, -0.2) is 4.68 Å². The molecule has 0 spiro atoms. The van der Waals surface area contributed by atoms with E-state index in [9.17, 15) is 0 Å². The first kappa shape index (κ1) is 7.30. The Morgan fingerprint density at radius 1 is 1.73 bits per heavy atom. The zero-order chi connectivity index (χ0) is 7.68. The van der Waals surface area contributed by atoms with Crippen molar-refractivity contribution in [1.29, 1.82) is 0 Å². The molecule has 1 saturated heterocycles. The van der Waals surface area contributed by atoms with Crippen LogP contribution in [0.25, 0.3) is 0 Å². The fourth-order valence-electron chi connectivity index (χ4n) is 1.17. The molecular weight excluding hydrogens is 180 g/mol. The van der Waals surface area contributed by atoms with E-state index in [2.05, 4.69) is 15.5 Å². The second kappa shape index (κ2) is 2.94. The summed E-state index contributed by atoms with van der Waals surface area (Å²) < 4.78 is 2.44. The molecule has 11 heavy (non-hydrogen) atoms. The largest absolute Gasteiger partial charge is 0.238 e. The molecule has 0 aromatic carbocycles. The number of aromatic amines is 1. The van der Waals surface area contributed by atoms with Crippen molar-refractivity contribution in [2.75, 3.05) is 11.5 Å². The lowest BCUT2D eigenvalue weighted by atomic mass is 10.3. The van der Waals surface area contributed by atoms with E-state index in [1.165, 1.54) is 12.2 Å². The molecule has 6 heteroatoms. The van der Waals surface area contributed by atoms with Crippen LogP contribution in [-0.4, -0.2) is 31.7 Å². The minimum Gasteiger partial charge on any atom is -0.238 e. The van der Waals surface area contributed by atoms with E-state index in [1.807, 2.05) is 16.4 Å². The standard InChI is InChI=1S/C5H8N4S2/c10-5-6-7-8-9(5)4-1-2-11-3-4/h4H,1-3H2,(H,6,8,10). The fraction of sp³-hybridized carbons (Fsp3) is 0.800. The van der Waals surface area contributed by atoms with Crippen LogP contribution in [0.15, 0.2) is 0 Å². The molecule has 1 aliphatic heterocycles. The molecule has 1 N–H and O–H groups in total. The minimum atomic E-state index is 0.488. The van der Waals surface area contributed by atoms with Gasteiger partial charge in [0.1, 0.15) is 0 Å². The van der Waals surface area contributed by atoms with Crippen LogP contribution in [0.5, 0.6) is 0 Å². The molecule has 1 aromatic rings. The maximum absolute atomic E-state index is 4.97. The minimum absolute atomic E-state index is 0.488. The number of hydrogen-bond acceptors (Lipinski definition) is 4. The SMILES string of the molecule is S=c1nn[nH]n1C1CCSC1. The molecule has 2 rings (SSSR count). The van der Waals surface area contributed by atoms with E-state index < -0.39 is 0 Å². The van der Waals surface area contributed by atoms with Gasteiger partial charge in [-0.3, -0.25) is 0 Å². The van der Waals surface area contributed by atoms with Gasteiger partial charge in [-0.1, -0.05) is 10.3 Å². The lowest BCUT2D eigenvalue weighted by Gasteiger charge is -2.06. The van der Waals surface area contributed by atoms with Crippen LogP contribution in [-0.2, 0) is 0 Å². The average molecular weight is 188 g/mol. The quantitative estimate of drug-likeness (QED) is 0.668. The van der Waals surface area contributed by atoms with Crippen molar-refractivity contribution in [3.8, 4) is 0 Å². The molecule has 1 fully saturated rings. The van der Waals surface area contributed by atoms with Gasteiger partial charge in [0.25, 0.3) is 0 Å². The lowest BCUT2D eigenvalue weighted by Crippen LogP contribution is -2.09. The zero-order valence-corrected chi connectivity index (χ0v) is 7.49. The first-order chi connectivity index (χ1) is 5.38. The molecule has 4 nitrogen and oxygen atoms in total. The molecule has 2 heterocycles. The van der Waals surface area contributed by atoms with Crippen LogP contribution in [0.4, 0.5) is 0 Å². The Balaban J connectivity index is 2.28. The Hall–Kier alpha value is -0.360. The number of nitrogens with zero attached hydrogens (tertiary/aromatic N) is 3. The average Bonchev–Trinajstić information content (AvgIpc) is 2.55. The number of tetrazole rings is 1. The van der Waals surface area contributed by atoms with Crippen LogP contribution in [0.3, 0.4) is 0 Å². The monoisotopic (exact) mass is 188 g/mol. The smallest absolute Gasteiger partial charge is 0.238 e. The Morgan fingerprint density at radius 3 is 3.18 bits per heavy atom. The zero-order valence-electron chi connectivity index (χ0n) is 5.86. The van der Waals surface area contributed by atoms with Gasteiger partial charge in [0.2, 0.25) is 4.77 Å². The molecule has 0 amide bonds. The van der Waals surface area contributed by atoms with Gasteiger partial charge in [-0.15, -0.1) is 0 Å². The van der Waals surface area contributed by atoms with Gasteiger partial charge in [0, 0.05) is 5.75 Å². The predicted octanol–water partition coefficient (Wildman–Crippen LogP) is 1.01. The van der Waals surface area contributed by atoms with Crippen molar-refractivity contribution in [2.24, 2.45) is 0 Å².